The van der Waals surface area contributed by atoms with Gasteiger partial charge < -0.3 is 9.63 Å². The maximum absolute atomic E-state index is 12.5. The van der Waals surface area contributed by atoms with E-state index in [1.165, 1.54) is 0 Å². The number of ketones is 2. The molecule has 0 radical (unpaired) electrons. The lowest BCUT2D eigenvalue weighted by atomic mass is 9.88. The monoisotopic (exact) mass is 378 g/mol. The minimum Gasteiger partial charge on any atom is -0.511 e. The van der Waals surface area contributed by atoms with Crippen LogP contribution in [0.25, 0.3) is 0 Å². The van der Waals surface area contributed by atoms with E-state index in [1.54, 1.807) is 0 Å². The van der Waals surface area contributed by atoms with E-state index in [1.807, 2.05) is 30.3 Å². The Kier molecular flexibility index (Phi) is 5.19. The SMILES string of the molecule is O=C1CCCC(=Nc2ccccc2)C1=C(O)CCc1noc2c1C(=O)CCC2. The molecule has 1 heterocycles. The van der Waals surface area contributed by atoms with E-state index in [9.17, 15) is 14.7 Å². The van der Waals surface area contributed by atoms with Gasteiger partial charge in [0.15, 0.2) is 11.6 Å². The topological polar surface area (TPSA) is 92.8 Å². The van der Waals surface area contributed by atoms with Crippen molar-refractivity contribution in [2.24, 2.45) is 4.99 Å². The van der Waals surface area contributed by atoms with Crippen LogP contribution in [-0.4, -0.2) is 27.5 Å². The molecule has 2 aliphatic carbocycles. The van der Waals surface area contributed by atoms with Crippen LogP contribution < -0.4 is 0 Å². The fourth-order valence-corrected chi connectivity index (χ4v) is 3.84. The molecule has 0 amide bonds. The summed E-state index contributed by atoms with van der Waals surface area (Å²) in [5.74, 6) is 0.610. The molecule has 0 aliphatic heterocycles. The summed E-state index contributed by atoms with van der Waals surface area (Å²) in [6.45, 7) is 0. The number of rotatable bonds is 4. The Hall–Kier alpha value is -3.02. The van der Waals surface area contributed by atoms with Gasteiger partial charge >= 0.3 is 0 Å². The van der Waals surface area contributed by atoms with Crippen LogP contribution in [0.3, 0.4) is 0 Å². The van der Waals surface area contributed by atoms with Gasteiger partial charge in [0.05, 0.1) is 28.2 Å². The summed E-state index contributed by atoms with van der Waals surface area (Å²) in [4.78, 5) is 29.3. The molecular weight excluding hydrogens is 356 g/mol. The Morgan fingerprint density at radius 3 is 2.61 bits per heavy atom. The lowest BCUT2D eigenvalue weighted by molar-refractivity contribution is -0.115. The number of carbonyl (C=O) groups is 2. The molecule has 144 valence electrons. The van der Waals surface area contributed by atoms with Gasteiger partial charge in [-0.25, -0.2) is 0 Å². The fraction of sp³-hybridized carbons (Fsp3) is 0.364. The first-order valence-electron chi connectivity index (χ1n) is 9.72. The summed E-state index contributed by atoms with van der Waals surface area (Å²) in [7, 11) is 0. The van der Waals surface area contributed by atoms with Gasteiger partial charge in [0, 0.05) is 32.1 Å². The van der Waals surface area contributed by atoms with Crippen molar-refractivity contribution in [1.29, 1.82) is 0 Å². The second-order valence-corrected chi connectivity index (χ2v) is 7.20. The number of para-hydroxylation sites is 1. The molecule has 1 fully saturated rings. The van der Waals surface area contributed by atoms with Gasteiger partial charge in [-0.05, 0) is 31.4 Å². The first-order valence-corrected chi connectivity index (χ1v) is 9.72. The van der Waals surface area contributed by atoms with Crippen molar-refractivity contribution in [3.8, 4) is 0 Å². The summed E-state index contributed by atoms with van der Waals surface area (Å²) in [6, 6.07) is 9.42. The largest absolute Gasteiger partial charge is 0.511 e. The number of aliphatic hydroxyl groups excluding tert-OH is 1. The molecule has 0 bridgehead atoms. The number of aromatic nitrogens is 1. The minimum absolute atomic E-state index is 0.0133. The molecule has 6 nitrogen and oxygen atoms in total. The minimum atomic E-state index is -0.0864. The Balaban J connectivity index is 1.59. The highest BCUT2D eigenvalue weighted by molar-refractivity contribution is 6.24. The molecule has 0 atom stereocenters. The van der Waals surface area contributed by atoms with Crippen molar-refractivity contribution in [2.45, 2.75) is 51.4 Å². The van der Waals surface area contributed by atoms with Gasteiger partial charge in [-0.2, -0.15) is 0 Å². The number of aryl methyl sites for hydroxylation is 2. The second kappa shape index (κ2) is 7.92. The standard InChI is InChI=1S/C22H22N2O4/c25-17-9-4-8-15(23-14-6-2-1-3-7-14)21(17)19(27)13-12-16-22-18(26)10-5-11-20(22)28-24-16/h1-3,6-7,27H,4-5,8-13H2. The zero-order valence-electron chi connectivity index (χ0n) is 15.6. The van der Waals surface area contributed by atoms with Gasteiger partial charge in [-0.1, -0.05) is 23.4 Å². The number of nitrogens with zero attached hydrogens (tertiary/aromatic N) is 2. The maximum atomic E-state index is 12.5. The zero-order valence-corrected chi connectivity index (χ0v) is 15.6. The molecule has 1 aromatic carbocycles. The normalized spacial score (nSPS) is 20.4. The predicted octanol–water partition coefficient (Wildman–Crippen LogP) is 4.46. The molecule has 2 aliphatic rings. The third-order valence-corrected chi connectivity index (χ3v) is 5.21. The van der Waals surface area contributed by atoms with Gasteiger partial charge in [-0.3, -0.25) is 14.6 Å². The van der Waals surface area contributed by atoms with Gasteiger partial charge in [0.1, 0.15) is 11.5 Å². The molecule has 28 heavy (non-hydrogen) atoms. The van der Waals surface area contributed by atoms with E-state index in [2.05, 4.69) is 10.1 Å². The van der Waals surface area contributed by atoms with Crippen LogP contribution in [0.4, 0.5) is 5.69 Å². The molecule has 0 saturated heterocycles. The van der Waals surface area contributed by atoms with E-state index in [-0.39, 0.29) is 23.7 Å². The van der Waals surface area contributed by atoms with Crippen molar-refractivity contribution in [2.75, 3.05) is 0 Å². The fourth-order valence-electron chi connectivity index (χ4n) is 3.84. The Morgan fingerprint density at radius 2 is 1.79 bits per heavy atom. The average molecular weight is 378 g/mol. The molecule has 1 N–H and O–H groups in total. The number of benzene rings is 1. The summed E-state index contributed by atoms with van der Waals surface area (Å²) < 4.78 is 5.30. The maximum Gasteiger partial charge on any atom is 0.168 e. The molecule has 4 rings (SSSR count). The number of aliphatic hydroxyl groups is 1. The van der Waals surface area contributed by atoms with Crippen LogP contribution >= 0.6 is 0 Å². The first kappa shape index (κ1) is 18.3. The molecule has 0 spiro atoms. The van der Waals surface area contributed by atoms with Gasteiger partial charge in [-0.15, -0.1) is 0 Å². The highest BCUT2D eigenvalue weighted by atomic mass is 16.5. The second-order valence-electron chi connectivity index (χ2n) is 7.20. The van der Waals surface area contributed by atoms with Crippen molar-refractivity contribution >= 4 is 23.0 Å². The highest BCUT2D eigenvalue weighted by Crippen LogP contribution is 2.28. The molecule has 6 heteroatoms. The summed E-state index contributed by atoms with van der Waals surface area (Å²) >= 11 is 0. The predicted molar refractivity (Wildman–Crippen MR) is 104 cm³/mol. The van der Waals surface area contributed by atoms with Crippen LogP contribution in [0.1, 0.15) is 60.3 Å². The van der Waals surface area contributed by atoms with Gasteiger partial charge in [0.2, 0.25) is 0 Å². The highest BCUT2D eigenvalue weighted by Gasteiger charge is 2.28. The van der Waals surface area contributed by atoms with E-state index < -0.39 is 0 Å². The van der Waals surface area contributed by atoms with Crippen molar-refractivity contribution in [3.05, 3.63) is 58.7 Å². The first-order chi connectivity index (χ1) is 13.6. The number of carbonyl (C=O) groups excluding carboxylic acids is 2. The van der Waals surface area contributed by atoms with Crippen molar-refractivity contribution in [3.63, 3.8) is 0 Å². The van der Waals surface area contributed by atoms with Crippen LogP contribution in [0.5, 0.6) is 0 Å². The number of fused-ring (bicyclic) bond motifs is 1. The Labute approximate surface area is 163 Å². The van der Waals surface area contributed by atoms with Crippen LogP contribution in [0.15, 0.2) is 51.2 Å². The van der Waals surface area contributed by atoms with E-state index in [4.69, 9.17) is 4.52 Å². The van der Waals surface area contributed by atoms with Crippen LogP contribution in [0.2, 0.25) is 0 Å². The van der Waals surface area contributed by atoms with Gasteiger partial charge in [0.25, 0.3) is 0 Å². The Morgan fingerprint density at radius 1 is 1.04 bits per heavy atom. The third kappa shape index (κ3) is 3.67. The molecule has 2 aromatic rings. The molecule has 0 unspecified atom stereocenters. The number of aliphatic imine (C=N–C) groups is 1. The zero-order chi connectivity index (χ0) is 19.5. The Bertz CT molecular complexity index is 970. The molecule has 1 aromatic heterocycles. The lowest BCUT2D eigenvalue weighted by Gasteiger charge is -2.18. The van der Waals surface area contributed by atoms with E-state index >= 15 is 0 Å². The summed E-state index contributed by atoms with van der Waals surface area (Å²) in [5, 5.41) is 14.7. The quantitative estimate of drug-likeness (QED) is 0.626. The number of Topliss-reactive ketones (excluding diaryl/α,β-unsaturated/α-hetero) is 2. The third-order valence-electron chi connectivity index (χ3n) is 5.21. The van der Waals surface area contributed by atoms with Crippen molar-refractivity contribution < 1.29 is 19.2 Å². The summed E-state index contributed by atoms with van der Waals surface area (Å²) in [5.41, 5.74) is 2.83. The average Bonchev–Trinajstić information content (AvgIpc) is 3.12. The van der Waals surface area contributed by atoms with Crippen molar-refractivity contribution in [1.82, 2.24) is 5.16 Å². The lowest BCUT2D eigenvalue weighted by Crippen LogP contribution is -2.21. The number of allylic oxidation sites excluding steroid dienone is 2. The van der Waals surface area contributed by atoms with E-state index in [0.717, 1.165) is 18.5 Å². The van der Waals surface area contributed by atoms with Crippen LogP contribution in [-0.2, 0) is 17.6 Å². The molecule has 1 saturated carbocycles. The number of hydrogen-bond acceptors (Lipinski definition) is 6. The smallest absolute Gasteiger partial charge is 0.168 e. The number of hydrogen-bond donors (Lipinski definition) is 1. The van der Waals surface area contributed by atoms with E-state index in [0.29, 0.717) is 60.4 Å². The molecular formula is C22H22N2O4. The summed E-state index contributed by atoms with van der Waals surface area (Å²) in [6.07, 6.45) is 4.36. The van der Waals surface area contributed by atoms with Crippen LogP contribution in [0, 0.1) is 0 Å².